The normalized spacial score (nSPS) is 14.2. The minimum absolute atomic E-state index is 0.0846. The predicted molar refractivity (Wildman–Crippen MR) is 67.4 cm³/mol. The van der Waals surface area contributed by atoms with E-state index in [0.29, 0.717) is 6.54 Å². The molecule has 3 nitrogen and oxygen atoms in total. The summed E-state index contributed by atoms with van der Waals surface area (Å²) in [5.74, 6) is -0.0846. The standard InChI is InChI=1S/C14H16N2O/c15-10-13(11-4-2-1-3-5-11)14(17)12-6-8-16-9-7-12/h1-9,13-14,17H,10,15H2. The summed E-state index contributed by atoms with van der Waals surface area (Å²) in [6.07, 6.45) is 2.76. The Morgan fingerprint density at radius 2 is 1.65 bits per heavy atom. The largest absolute Gasteiger partial charge is 0.388 e. The molecule has 1 aromatic heterocycles. The van der Waals surface area contributed by atoms with Crippen LogP contribution in [0.5, 0.6) is 0 Å². The van der Waals surface area contributed by atoms with Crippen molar-refractivity contribution in [1.29, 1.82) is 0 Å². The number of rotatable bonds is 4. The third-order valence-corrected chi connectivity index (χ3v) is 2.91. The Morgan fingerprint density at radius 3 is 2.24 bits per heavy atom. The lowest BCUT2D eigenvalue weighted by Gasteiger charge is -2.22. The summed E-state index contributed by atoms with van der Waals surface area (Å²) < 4.78 is 0. The van der Waals surface area contributed by atoms with Gasteiger partial charge < -0.3 is 10.8 Å². The minimum atomic E-state index is -0.592. The van der Waals surface area contributed by atoms with E-state index in [2.05, 4.69) is 4.98 Å². The molecule has 2 atom stereocenters. The van der Waals surface area contributed by atoms with Crippen LogP contribution in [0.2, 0.25) is 0 Å². The lowest BCUT2D eigenvalue weighted by atomic mass is 9.90. The van der Waals surface area contributed by atoms with E-state index >= 15 is 0 Å². The Labute approximate surface area is 101 Å². The van der Waals surface area contributed by atoms with Crippen molar-refractivity contribution in [2.45, 2.75) is 12.0 Å². The van der Waals surface area contributed by atoms with Crippen molar-refractivity contribution in [1.82, 2.24) is 4.98 Å². The van der Waals surface area contributed by atoms with Gasteiger partial charge in [0.2, 0.25) is 0 Å². The van der Waals surface area contributed by atoms with Crippen LogP contribution < -0.4 is 5.73 Å². The summed E-state index contributed by atoms with van der Waals surface area (Å²) in [6.45, 7) is 0.410. The molecular weight excluding hydrogens is 212 g/mol. The quantitative estimate of drug-likeness (QED) is 0.839. The molecule has 2 rings (SSSR count). The second-order valence-corrected chi connectivity index (χ2v) is 3.98. The number of aliphatic hydroxyl groups excluding tert-OH is 1. The number of hydrogen-bond donors (Lipinski definition) is 2. The first kappa shape index (κ1) is 11.8. The van der Waals surface area contributed by atoms with E-state index in [0.717, 1.165) is 11.1 Å². The van der Waals surface area contributed by atoms with Crippen molar-refractivity contribution < 1.29 is 5.11 Å². The Bertz CT molecular complexity index is 444. The fraction of sp³-hybridized carbons (Fsp3) is 0.214. The molecule has 2 unspecified atom stereocenters. The average molecular weight is 228 g/mol. The minimum Gasteiger partial charge on any atom is -0.388 e. The molecule has 1 aromatic carbocycles. The molecule has 0 bridgehead atoms. The van der Waals surface area contributed by atoms with E-state index in [1.54, 1.807) is 12.4 Å². The monoisotopic (exact) mass is 228 g/mol. The number of nitrogens with zero attached hydrogens (tertiary/aromatic N) is 1. The van der Waals surface area contributed by atoms with Crippen LogP contribution in [0, 0.1) is 0 Å². The zero-order valence-corrected chi connectivity index (χ0v) is 9.53. The van der Waals surface area contributed by atoms with E-state index in [9.17, 15) is 5.11 Å². The van der Waals surface area contributed by atoms with Crippen molar-refractivity contribution in [3.63, 3.8) is 0 Å². The van der Waals surface area contributed by atoms with Gasteiger partial charge in [-0.25, -0.2) is 0 Å². The first-order chi connectivity index (χ1) is 8.33. The highest BCUT2D eigenvalue weighted by Crippen LogP contribution is 2.29. The van der Waals surface area contributed by atoms with E-state index in [4.69, 9.17) is 5.73 Å². The summed E-state index contributed by atoms with van der Waals surface area (Å²) in [6, 6.07) is 13.5. The molecule has 0 aliphatic heterocycles. The number of pyridine rings is 1. The molecule has 2 aromatic rings. The first-order valence-corrected chi connectivity index (χ1v) is 5.66. The molecule has 0 aliphatic rings. The molecular formula is C14H16N2O. The van der Waals surface area contributed by atoms with Crippen LogP contribution in [-0.4, -0.2) is 16.6 Å². The number of aromatic nitrogens is 1. The molecule has 17 heavy (non-hydrogen) atoms. The molecule has 3 N–H and O–H groups in total. The van der Waals surface area contributed by atoms with E-state index in [1.165, 1.54) is 0 Å². The SMILES string of the molecule is NCC(c1ccccc1)C(O)c1ccncc1. The van der Waals surface area contributed by atoms with Gasteiger partial charge in [-0.3, -0.25) is 4.98 Å². The lowest BCUT2D eigenvalue weighted by molar-refractivity contribution is 0.147. The van der Waals surface area contributed by atoms with E-state index in [-0.39, 0.29) is 5.92 Å². The zero-order valence-electron chi connectivity index (χ0n) is 9.53. The van der Waals surface area contributed by atoms with Crippen molar-refractivity contribution >= 4 is 0 Å². The van der Waals surface area contributed by atoms with Gasteiger partial charge in [0.1, 0.15) is 0 Å². The lowest BCUT2D eigenvalue weighted by Crippen LogP contribution is -2.20. The molecule has 88 valence electrons. The summed E-state index contributed by atoms with van der Waals surface area (Å²) in [5, 5.41) is 10.3. The van der Waals surface area contributed by atoms with Gasteiger partial charge in [0.15, 0.2) is 0 Å². The van der Waals surface area contributed by atoms with Crippen molar-refractivity contribution in [2.24, 2.45) is 5.73 Å². The van der Waals surface area contributed by atoms with Gasteiger partial charge in [-0.05, 0) is 23.3 Å². The molecule has 3 heteroatoms. The van der Waals surface area contributed by atoms with Gasteiger partial charge in [-0.15, -0.1) is 0 Å². The summed E-state index contributed by atoms with van der Waals surface area (Å²) in [4.78, 5) is 3.94. The summed E-state index contributed by atoms with van der Waals surface area (Å²) >= 11 is 0. The maximum absolute atomic E-state index is 10.3. The highest BCUT2D eigenvalue weighted by atomic mass is 16.3. The van der Waals surface area contributed by atoms with Gasteiger partial charge in [0.25, 0.3) is 0 Å². The molecule has 0 radical (unpaired) electrons. The zero-order chi connectivity index (χ0) is 12.1. The topological polar surface area (TPSA) is 59.1 Å². The van der Waals surface area contributed by atoms with Crippen LogP contribution in [0.4, 0.5) is 0 Å². The molecule has 0 fully saturated rings. The van der Waals surface area contributed by atoms with Crippen molar-refractivity contribution in [3.05, 3.63) is 66.0 Å². The van der Waals surface area contributed by atoms with Gasteiger partial charge >= 0.3 is 0 Å². The Kier molecular flexibility index (Phi) is 3.85. The Balaban J connectivity index is 2.25. The number of nitrogens with two attached hydrogens (primary N) is 1. The van der Waals surface area contributed by atoms with Gasteiger partial charge in [-0.2, -0.15) is 0 Å². The van der Waals surface area contributed by atoms with Crippen LogP contribution in [0.15, 0.2) is 54.9 Å². The van der Waals surface area contributed by atoms with Crippen LogP contribution in [0.25, 0.3) is 0 Å². The van der Waals surface area contributed by atoms with Gasteiger partial charge in [0.05, 0.1) is 6.10 Å². The third-order valence-electron chi connectivity index (χ3n) is 2.91. The number of aliphatic hydroxyl groups is 1. The Morgan fingerprint density at radius 1 is 1.00 bits per heavy atom. The highest BCUT2D eigenvalue weighted by Gasteiger charge is 2.20. The molecule has 1 heterocycles. The van der Waals surface area contributed by atoms with Crippen molar-refractivity contribution in [3.8, 4) is 0 Å². The van der Waals surface area contributed by atoms with Crippen LogP contribution in [0.3, 0.4) is 0 Å². The molecule has 0 saturated heterocycles. The van der Waals surface area contributed by atoms with Crippen molar-refractivity contribution in [2.75, 3.05) is 6.54 Å². The summed E-state index contributed by atoms with van der Waals surface area (Å²) in [5.41, 5.74) is 7.67. The number of benzene rings is 1. The van der Waals surface area contributed by atoms with E-state index in [1.807, 2.05) is 42.5 Å². The van der Waals surface area contributed by atoms with E-state index < -0.39 is 6.10 Å². The fourth-order valence-electron chi connectivity index (χ4n) is 1.94. The average Bonchev–Trinajstić information content (AvgIpc) is 2.42. The number of hydrogen-bond acceptors (Lipinski definition) is 3. The second-order valence-electron chi connectivity index (χ2n) is 3.98. The summed E-state index contributed by atoms with van der Waals surface area (Å²) in [7, 11) is 0. The van der Waals surface area contributed by atoms with Crippen LogP contribution in [-0.2, 0) is 0 Å². The second kappa shape index (κ2) is 5.57. The maximum Gasteiger partial charge on any atom is 0.0871 e. The fourth-order valence-corrected chi connectivity index (χ4v) is 1.94. The van der Waals surface area contributed by atoms with Gasteiger partial charge in [0, 0.05) is 24.9 Å². The molecule has 0 amide bonds. The third kappa shape index (κ3) is 2.70. The first-order valence-electron chi connectivity index (χ1n) is 5.66. The van der Waals surface area contributed by atoms with Gasteiger partial charge in [-0.1, -0.05) is 30.3 Å². The molecule has 0 saturated carbocycles. The van der Waals surface area contributed by atoms with Crippen LogP contribution in [0.1, 0.15) is 23.1 Å². The van der Waals surface area contributed by atoms with Crippen LogP contribution >= 0.6 is 0 Å². The predicted octanol–water partition coefficient (Wildman–Crippen LogP) is 1.86. The maximum atomic E-state index is 10.3. The Hall–Kier alpha value is -1.71. The highest BCUT2D eigenvalue weighted by molar-refractivity contribution is 5.25. The smallest absolute Gasteiger partial charge is 0.0871 e. The molecule has 0 spiro atoms. The molecule has 0 aliphatic carbocycles.